The van der Waals surface area contributed by atoms with Crippen molar-refractivity contribution >= 4 is 17.2 Å². The van der Waals surface area contributed by atoms with Crippen molar-refractivity contribution in [1.29, 1.82) is 0 Å². The van der Waals surface area contributed by atoms with E-state index in [4.69, 9.17) is 9.15 Å². The van der Waals surface area contributed by atoms with Crippen LogP contribution < -0.4 is 0 Å². The number of hydrogen-bond donors (Lipinski definition) is 0. The molecule has 1 saturated heterocycles. The number of ether oxygens (including phenoxy) is 1. The molecule has 6 nitrogen and oxygen atoms in total. The number of rotatable bonds is 4. The van der Waals surface area contributed by atoms with Crippen molar-refractivity contribution in [3.05, 3.63) is 34.2 Å². The van der Waals surface area contributed by atoms with E-state index in [9.17, 15) is 4.79 Å². The molecule has 124 valence electrons. The van der Waals surface area contributed by atoms with Gasteiger partial charge in [-0.15, -0.1) is 10.2 Å². The molecule has 0 aromatic carbocycles. The van der Waals surface area contributed by atoms with Crippen molar-refractivity contribution in [1.82, 2.24) is 15.1 Å². The van der Waals surface area contributed by atoms with Crippen molar-refractivity contribution in [3.63, 3.8) is 0 Å². The van der Waals surface area contributed by atoms with Gasteiger partial charge in [-0.3, -0.25) is 4.79 Å². The molecule has 1 aliphatic heterocycles. The van der Waals surface area contributed by atoms with Crippen LogP contribution in [0.2, 0.25) is 0 Å². The number of amides is 1. The molecule has 0 saturated carbocycles. The summed E-state index contributed by atoms with van der Waals surface area (Å²) in [7, 11) is 0. The van der Waals surface area contributed by atoms with Gasteiger partial charge in [-0.25, -0.2) is 0 Å². The number of thiophene rings is 1. The molecule has 23 heavy (non-hydrogen) atoms. The Labute approximate surface area is 139 Å². The molecule has 1 aliphatic rings. The largest absolute Gasteiger partial charge is 0.423 e. The maximum absolute atomic E-state index is 12.9. The van der Waals surface area contributed by atoms with Crippen LogP contribution in [0.1, 0.15) is 56.0 Å². The molecule has 1 amide bonds. The van der Waals surface area contributed by atoms with Gasteiger partial charge in [0, 0.05) is 12.5 Å². The number of morpholine rings is 1. The van der Waals surface area contributed by atoms with Crippen LogP contribution in [0, 0.1) is 0 Å². The first-order valence-electron chi connectivity index (χ1n) is 7.81. The molecule has 2 atom stereocenters. The minimum Gasteiger partial charge on any atom is -0.423 e. The highest BCUT2D eigenvalue weighted by Crippen LogP contribution is 2.29. The van der Waals surface area contributed by atoms with Gasteiger partial charge in [-0.05, 0) is 29.3 Å². The highest BCUT2D eigenvalue weighted by molar-refractivity contribution is 7.08. The Morgan fingerprint density at radius 2 is 2.22 bits per heavy atom. The van der Waals surface area contributed by atoms with Crippen LogP contribution in [-0.4, -0.2) is 40.8 Å². The van der Waals surface area contributed by atoms with E-state index in [-0.39, 0.29) is 23.8 Å². The normalized spacial score (nSPS) is 20.0. The summed E-state index contributed by atoms with van der Waals surface area (Å²) in [5, 5.41) is 12.2. The van der Waals surface area contributed by atoms with Gasteiger partial charge >= 0.3 is 0 Å². The second-order valence-electron chi connectivity index (χ2n) is 6.03. The molecular weight excluding hydrogens is 314 g/mol. The van der Waals surface area contributed by atoms with Crippen LogP contribution in [0.5, 0.6) is 0 Å². The number of carbonyl (C=O) groups is 1. The van der Waals surface area contributed by atoms with Crippen LogP contribution in [0.3, 0.4) is 0 Å². The maximum Gasteiger partial charge on any atom is 0.241 e. The first-order chi connectivity index (χ1) is 11.1. The van der Waals surface area contributed by atoms with Gasteiger partial charge in [-0.2, -0.15) is 11.3 Å². The number of hydrogen-bond acceptors (Lipinski definition) is 6. The zero-order chi connectivity index (χ0) is 16.4. The van der Waals surface area contributed by atoms with E-state index in [1.807, 2.05) is 42.5 Å². The Bertz CT molecular complexity index is 653. The van der Waals surface area contributed by atoms with Gasteiger partial charge in [0.2, 0.25) is 17.7 Å². The Kier molecular flexibility index (Phi) is 4.77. The molecule has 0 unspecified atom stereocenters. The van der Waals surface area contributed by atoms with Crippen LogP contribution in [0.15, 0.2) is 21.2 Å². The van der Waals surface area contributed by atoms with E-state index in [1.54, 1.807) is 11.3 Å². The summed E-state index contributed by atoms with van der Waals surface area (Å²) in [6.45, 7) is 7.39. The topological polar surface area (TPSA) is 68.5 Å². The lowest BCUT2D eigenvalue weighted by Crippen LogP contribution is -2.45. The summed E-state index contributed by atoms with van der Waals surface area (Å²) in [4.78, 5) is 14.7. The molecular formula is C16H21N3O3S. The zero-order valence-electron chi connectivity index (χ0n) is 13.6. The monoisotopic (exact) mass is 335 g/mol. The van der Waals surface area contributed by atoms with Gasteiger partial charge in [0.1, 0.15) is 6.04 Å². The predicted octanol–water partition coefficient (Wildman–Crippen LogP) is 2.96. The predicted molar refractivity (Wildman–Crippen MR) is 86.4 cm³/mol. The minimum absolute atomic E-state index is 0.0704. The molecule has 3 heterocycles. The summed E-state index contributed by atoms with van der Waals surface area (Å²) in [5.74, 6) is 1.09. The van der Waals surface area contributed by atoms with E-state index in [0.29, 0.717) is 31.5 Å². The lowest BCUT2D eigenvalue weighted by Gasteiger charge is -2.35. The Balaban J connectivity index is 1.81. The molecule has 0 N–H and O–H groups in total. The quantitative estimate of drug-likeness (QED) is 0.859. The van der Waals surface area contributed by atoms with E-state index in [1.165, 1.54) is 0 Å². The maximum atomic E-state index is 12.9. The van der Waals surface area contributed by atoms with Crippen molar-refractivity contribution in [2.24, 2.45) is 0 Å². The first-order valence-corrected chi connectivity index (χ1v) is 8.75. The van der Waals surface area contributed by atoms with Crippen LogP contribution in [0.4, 0.5) is 0 Å². The Hall–Kier alpha value is -1.73. The van der Waals surface area contributed by atoms with Crippen LogP contribution in [-0.2, 0) is 9.53 Å². The van der Waals surface area contributed by atoms with Gasteiger partial charge < -0.3 is 14.1 Å². The van der Waals surface area contributed by atoms with E-state index < -0.39 is 0 Å². The molecule has 2 aromatic heterocycles. The van der Waals surface area contributed by atoms with E-state index in [2.05, 4.69) is 10.2 Å². The highest BCUT2D eigenvalue weighted by atomic mass is 32.1. The number of carbonyl (C=O) groups excluding carboxylic acids is 1. The molecule has 0 radical (unpaired) electrons. The van der Waals surface area contributed by atoms with E-state index in [0.717, 1.165) is 5.56 Å². The molecule has 2 aromatic rings. The van der Waals surface area contributed by atoms with Crippen molar-refractivity contribution in [2.45, 2.75) is 38.6 Å². The van der Waals surface area contributed by atoms with E-state index >= 15 is 0 Å². The number of aromatic nitrogens is 2. The van der Waals surface area contributed by atoms with Gasteiger partial charge in [-0.1, -0.05) is 13.8 Å². The molecule has 7 heteroatoms. The van der Waals surface area contributed by atoms with Crippen molar-refractivity contribution in [2.75, 3.05) is 19.8 Å². The highest BCUT2D eigenvalue weighted by Gasteiger charge is 2.35. The first kappa shape index (κ1) is 16.1. The lowest BCUT2D eigenvalue weighted by atomic mass is 10.0. The lowest BCUT2D eigenvalue weighted by molar-refractivity contribution is -0.142. The molecule has 1 fully saturated rings. The third kappa shape index (κ3) is 3.30. The fourth-order valence-corrected chi connectivity index (χ4v) is 3.35. The fraction of sp³-hybridized carbons (Fsp3) is 0.562. The fourth-order valence-electron chi connectivity index (χ4n) is 2.60. The molecule has 3 rings (SSSR count). The van der Waals surface area contributed by atoms with Gasteiger partial charge in [0.25, 0.3) is 0 Å². The third-order valence-corrected chi connectivity index (χ3v) is 4.76. The number of nitrogens with zero attached hydrogens (tertiary/aromatic N) is 3. The summed E-state index contributed by atoms with van der Waals surface area (Å²) in [5.41, 5.74) is 1.04. The molecule has 0 aliphatic carbocycles. The van der Waals surface area contributed by atoms with Crippen molar-refractivity contribution in [3.8, 4) is 0 Å². The molecule has 0 bridgehead atoms. The summed E-state index contributed by atoms with van der Waals surface area (Å²) < 4.78 is 11.3. The SMILES string of the molecule is CC(C)c1nnc([C@@H]2COCCN2C(=O)[C@@H](C)c2ccsc2)o1. The third-order valence-electron chi connectivity index (χ3n) is 4.06. The zero-order valence-corrected chi connectivity index (χ0v) is 14.4. The summed E-state index contributed by atoms with van der Waals surface area (Å²) in [6, 6.07) is 1.68. The minimum atomic E-state index is -0.308. The Morgan fingerprint density at radius 1 is 1.39 bits per heavy atom. The average molecular weight is 335 g/mol. The van der Waals surface area contributed by atoms with Crippen LogP contribution >= 0.6 is 11.3 Å². The molecule has 0 spiro atoms. The average Bonchev–Trinajstić information content (AvgIpc) is 3.24. The summed E-state index contributed by atoms with van der Waals surface area (Å²) >= 11 is 1.60. The summed E-state index contributed by atoms with van der Waals surface area (Å²) in [6.07, 6.45) is 0. The smallest absolute Gasteiger partial charge is 0.241 e. The van der Waals surface area contributed by atoms with Crippen molar-refractivity contribution < 1.29 is 13.9 Å². The Morgan fingerprint density at radius 3 is 2.87 bits per heavy atom. The van der Waals surface area contributed by atoms with Crippen LogP contribution in [0.25, 0.3) is 0 Å². The standard InChI is InChI=1S/C16H21N3O3S/c1-10(2)14-17-18-15(22-14)13-8-21-6-5-19(13)16(20)11(3)12-4-7-23-9-12/h4,7,9-11,13H,5-6,8H2,1-3H3/t11-,13-/m0/s1. The van der Waals surface area contributed by atoms with Gasteiger partial charge in [0.05, 0.1) is 19.1 Å². The second kappa shape index (κ2) is 6.80. The second-order valence-corrected chi connectivity index (χ2v) is 6.81. The van der Waals surface area contributed by atoms with Gasteiger partial charge in [0.15, 0.2) is 0 Å².